The van der Waals surface area contributed by atoms with Crippen LogP contribution in [0.3, 0.4) is 0 Å². The van der Waals surface area contributed by atoms with Gasteiger partial charge in [-0.15, -0.1) is 0 Å². The summed E-state index contributed by atoms with van der Waals surface area (Å²) >= 11 is 0. The van der Waals surface area contributed by atoms with Gasteiger partial charge in [0.25, 0.3) is 0 Å². The van der Waals surface area contributed by atoms with E-state index in [2.05, 4.69) is 6.92 Å². The van der Waals surface area contributed by atoms with Crippen molar-refractivity contribution >= 4 is 5.97 Å². The number of benzene rings is 3. The van der Waals surface area contributed by atoms with E-state index in [4.69, 9.17) is 18.9 Å². The van der Waals surface area contributed by atoms with Gasteiger partial charge >= 0.3 is 5.97 Å². The van der Waals surface area contributed by atoms with Crippen LogP contribution in [0.15, 0.2) is 72.8 Å². The number of carboxylic acid groups (broad SMARTS) is 1. The van der Waals surface area contributed by atoms with Crippen molar-refractivity contribution in [2.75, 3.05) is 19.8 Å². The van der Waals surface area contributed by atoms with Gasteiger partial charge in [-0.05, 0) is 54.4 Å². The highest BCUT2D eigenvalue weighted by Gasteiger charge is 2.13. The Morgan fingerprint density at radius 2 is 1.18 bits per heavy atom. The molecular weight excluding hydrogens is 492 g/mol. The smallest absolute Gasteiger partial charge is 0.339 e. The lowest BCUT2D eigenvalue weighted by atomic mass is 10.1. The van der Waals surface area contributed by atoms with Gasteiger partial charge < -0.3 is 24.1 Å². The van der Waals surface area contributed by atoms with Gasteiger partial charge in [-0.3, -0.25) is 0 Å². The summed E-state index contributed by atoms with van der Waals surface area (Å²) in [4.78, 5) is 11.7. The van der Waals surface area contributed by atoms with Gasteiger partial charge in [0, 0.05) is 6.42 Å². The molecule has 0 aliphatic heterocycles. The molecule has 0 aromatic heterocycles. The standard InChI is InChI=1S/C33H42O6/c1-2-3-4-5-6-7-8-12-22-38-32-21-20-30(25-31(32)33(34)35)37-24-13-23-36-28-16-18-29(19-17-28)39-26-27-14-10-9-11-15-27/h9-11,14-21,25H,2-8,12-13,22-24,26H2,1H3,(H,34,35). The fraction of sp³-hybridized carbons (Fsp3) is 0.424. The summed E-state index contributed by atoms with van der Waals surface area (Å²) in [7, 11) is 0. The van der Waals surface area contributed by atoms with Gasteiger partial charge in [0.1, 0.15) is 35.2 Å². The van der Waals surface area contributed by atoms with Crippen molar-refractivity contribution in [2.24, 2.45) is 0 Å². The van der Waals surface area contributed by atoms with E-state index in [0.717, 1.165) is 29.9 Å². The van der Waals surface area contributed by atoms with E-state index in [1.165, 1.54) is 44.6 Å². The average Bonchev–Trinajstić information content (AvgIpc) is 2.96. The predicted octanol–water partition coefficient (Wildman–Crippen LogP) is 8.33. The summed E-state index contributed by atoms with van der Waals surface area (Å²) in [5, 5.41) is 9.62. The molecule has 0 aliphatic carbocycles. The molecule has 1 N–H and O–H groups in total. The Morgan fingerprint density at radius 3 is 1.85 bits per heavy atom. The molecule has 0 heterocycles. The van der Waals surface area contributed by atoms with E-state index in [1.54, 1.807) is 12.1 Å². The van der Waals surface area contributed by atoms with Crippen molar-refractivity contribution in [3.05, 3.63) is 83.9 Å². The van der Waals surface area contributed by atoms with Gasteiger partial charge in [-0.25, -0.2) is 4.79 Å². The second kappa shape index (κ2) is 17.8. The molecule has 0 saturated heterocycles. The molecule has 0 bridgehead atoms. The average molecular weight is 535 g/mol. The largest absolute Gasteiger partial charge is 0.493 e. The molecular formula is C33H42O6. The normalized spacial score (nSPS) is 10.7. The van der Waals surface area contributed by atoms with Crippen molar-refractivity contribution in [1.82, 2.24) is 0 Å². The molecule has 0 fully saturated rings. The van der Waals surface area contributed by atoms with E-state index in [1.807, 2.05) is 54.6 Å². The molecule has 0 atom stereocenters. The van der Waals surface area contributed by atoms with Crippen LogP contribution in [-0.4, -0.2) is 30.9 Å². The van der Waals surface area contributed by atoms with Crippen LogP contribution in [0.25, 0.3) is 0 Å². The van der Waals surface area contributed by atoms with Gasteiger partial charge in [0.15, 0.2) is 0 Å². The maximum atomic E-state index is 11.7. The molecule has 0 radical (unpaired) electrons. The summed E-state index contributed by atoms with van der Waals surface area (Å²) in [5.41, 5.74) is 1.24. The Bertz CT molecular complexity index is 1080. The fourth-order valence-corrected chi connectivity index (χ4v) is 4.12. The van der Waals surface area contributed by atoms with E-state index < -0.39 is 5.97 Å². The van der Waals surface area contributed by atoms with Crippen LogP contribution < -0.4 is 18.9 Å². The minimum atomic E-state index is -1.02. The summed E-state index contributed by atoms with van der Waals surface area (Å²) in [6, 6.07) is 22.5. The third-order valence-corrected chi connectivity index (χ3v) is 6.34. The first-order valence-electron chi connectivity index (χ1n) is 14.2. The van der Waals surface area contributed by atoms with Crippen LogP contribution in [0, 0.1) is 0 Å². The molecule has 6 nitrogen and oxygen atoms in total. The monoisotopic (exact) mass is 534 g/mol. The van der Waals surface area contributed by atoms with Crippen LogP contribution >= 0.6 is 0 Å². The van der Waals surface area contributed by atoms with Gasteiger partial charge in [-0.1, -0.05) is 82.2 Å². The third-order valence-electron chi connectivity index (χ3n) is 6.34. The van der Waals surface area contributed by atoms with Crippen LogP contribution in [0.4, 0.5) is 0 Å². The molecule has 0 saturated carbocycles. The van der Waals surface area contributed by atoms with Crippen molar-refractivity contribution in [3.63, 3.8) is 0 Å². The Balaban J connectivity index is 1.31. The number of ether oxygens (including phenoxy) is 4. The van der Waals surface area contributed by atoms with E-state index in [9.17, 15) is 9.90 Å². The lowest BCUT2D eigenvalue weighted by Gasteiger charge is -2.12. The highest BCUT2D eigenvalue weighted by Crippen LogP contribution is 2.25. The first-order chi connectivity index (χ1) is 19.2. The zero-order valence-electron chi connectivity index (χ0n) is 23.1. The van der Waals surface area contributed by atoms with E-state index in [-0.39, 0.29) is 5.56 Å². The Hall–Kier alpha value is -3.67. The molecule has 3 rings (SSSR count). The number of unbranched alkanes of at least 4 members (excludes halogenated alkanes) is 7. The highest BCUT2D eigenvalue weighted by atomic mass is 16.5. The zero-order chi connectivity index (χ0) is 27.5. The number of carboxylic acids is 1. The lowest BCUT2D eigenvalue weighted by Crippen LogP contribution is -2.07. The summed E-state index contributed by atoms with van der Waals surface area (Å²) < 4.78 is 23.1. The fourth-order valence-electron chi connectivity index (χ4n) is 4.12. The van der Waals surface area contributed by atoms with Crippen molar-refractivity contribution in [1.29, 1.82) is 0 Å². The Kier molecular flexibility index (Phi) is 13.6. The molecule has 3 aromatic rings. The Labute approximate surface area is 232 Å². The second-order valence-electron chi connectivity index (χ2n) is 9.58. The molecule has 210 valence electrons. The van der Waals surface area contributed by atoms with Gasteiger partial charge in [0.05, 0.1) is 19.8 Å². The van der Waals surface area contributed by atoms with Crippen LogP contribution in [0.2, 0.25) is 0 Å². The van der Waals surface area contributed by atoms with Crippen molar-refractivity contribution in [3.8, 4) is 23.0 Å². The minimum Gasteiger partial charge on any atom is -0.493 e. The number of rotatable bonds is 20. The first kappa shape index (κ1) is 29.9. The van der Waals surface area contributed by atoms with E-state index >= 15 is 0 Å². The SMILES string of the molecule is CCCCCCCCCCOc1ccc(OCCCOc2ccc(OCc3ccccc3)cc2)cc1C(=O)O. The molecule has 39 heavy (non-hydrogen) atoms. The lowest BCUT2D eigenvalue weighted by molar-refractivity contribution is 0.0691. The van der Waals surface area contributed by atoms with Gasteiger partial charge in [-0.2, -0.15) is 0 Å². The minimum absolute atomic E-state index is 0.123. The van der Waals surface area contributed by atoms with Crippen LogP contribution in [0.1, 0.15) is 80.6 Å². The van der Waals surface area contributed by atoms with Crippen molar-refractivity contribution in [2.45, 2.75) is 71.3 Å². The summed E-state index contributed by atoms with van der Waals surface area (Å²) in [6.07, 6.45) is 10.3. The Morgan fingerprint density at radius 1 is 0.615 bits per heavy atom. The molecule has 0 aliphatic rings. The van der Waals surface area contributed by atoms with E-state index in [0.29, 0.717) is 44.3 Å². The zero-order valence-corrected chi connectivity index (χ0v) is 23.1. The van der Waals surface area contributed by atoms with Crippen LogP contribution in [-0.2, 0) is 6.61 Å². The maximum Gasteiger partial charge on any atom is 0.339 e. The number of aromatic carboxylic acids is 1. The molecule has 6 heteroatoms. The van der Waals surface area contributed by atoms with Crippen molar-refractivity contribution < 1.29 is 28.8 Å². The summed E-state index contributed by atoms with van der Waals surface area (Å²) in [6.45, 7) is 4.16. The third kappa shape index (κ3) is 11.7. The predicted molar refractivity (Wildman–Crippen MR) is 154 cm³/mol. The van der Waals surface area contributed by atoms with Gasteiger partial charge in [0.2, 0.25) is 0 Å². The number of hydrogen-bond donors (Lipinski definition) is 1. The van der Waals surface area contributed by atoms with Crippen LogP contribution in [0.5, 0.6) is 23.0 Å². The molecule has 0 amide bonds. The summed E-state index contributed by atoms with van der Waals surface area (Å²) in [5.74, 6) is 1.41. The molecule has 0 unspecified atom stereocenters. The molecule has 0 spiro atoms. The quantitative estimate of drug-likeness (QED) is 0.147. The number of hydrogen-bond acceptors (Lipinski definition) is 5. The highest BCUT2D eigenvalue weighted by molar-refractivity contribution is 5.91. The number of carbonyl (C=O) groups is 1. The maximum absolute atomic E-state index is 11.7. The first-order valence-corrected chi connectivity index (χ1v) is 14.2. The topological polar surface area (TPSA) is 74.2 Å². The molecule has 3 aromatic carbocycles. The second-order valence-corrected chi connectivity index (χ2v) is 9.58.